The number of fused-ring (bicyclic) bond motifs is 1. The van der Waals surface area contributed by atoms with Crippen LogP contribution in [0, 0.1) is 5.82 Å². The predicted molar refractivity (Wildman–Crippen MR) is 89.5 cm³/mol. The Morgan fingerprint density at radius 1 is 1.18 bits per heavy atom. The van der Waals surface area contributed by atoms with Crippen molar-refractivity contribution >= 4 is 10.9 Å². The predicted octanol–water partition coefficient (Wildman–Crippen LogP) is 4.70. The fourth-order valence-electron chi connectivity index (χ4n) is 3.18. The number of pyridine rings is 1. The van der Waals surface area contributed by atoms with E-state index in [1.54, 1.807) is 12.1 Å². The molecule has 0 bridgehead atoms. The van der Waals surface area contributed by atoms with Gasteiger partial charge in [0.15, 0.2) is 0 Å². The number of nitrogens with one attached hydrogen (secondary N) is 1. The first-order valence-electron chi connectivity index (χ1n) is 8.26. The first-order valence-corrected chi connectivity index (χ1v) is 8.26. The van der Waals surface area contributed by atoms with Crippen molar-refractivity contribution in [3.8, 4) is 0 Å². The van der Waals surface area contributed by atoms with Crippen LogP contribution in [0.1, 0.15) is 57.7 Å². The molecule has 1 saturated carbocycles. The highest BCUT2D eigenvalue weighted by Crippen LogP contribution is 2.27. The van der Waals surface area contributed by atoms with E-state index in [0.29, 0.717) is 6.04 Å². The Hall–Kier alpha value is -1.48. The van der Waals surface area contributed by atoms with Gasteiger partial charge in [0.1, 0.15) is 5.82 Å². The molecule has 0 atom stereocenters. The van der Waals surface area contributed by atoms with E-state index in [-0.39, 0.29) is 11.2 Å². The summed E-state index contributed by atoms with van der Waals surface area (Å²) in [5.41, 5.74) is 3.10. The molecular weight excluding hydrogens is 275 g/mol. The van der Waals surface area contributed by atoms with Crippen LogP contribution < -0.4 is 5.32 Å². The van der Waals surface area contributed by atoms with Crippen molar-refractivity contribution in [2.75, 3.05) is 0 Å². The lowest BCUT2D eigenvalue weighted by Gasteiger charge is -2.21. The van der Waals surface area contributed by atoms with Crippen LogP contribution in [0.25, 0.3) is 10.9 Å². The van der Waals surface area contributed by atoms with Gasteiger partial charge < -0.3 is 5.32 Å². The molecule has 0 spiro atoms. The minimum atomic E-state index is -0.195. The molecule has 1 aliphatic rings. The monoisotopic (exact) mass is 300 g/mol. The molecule has 3 rings (SSSR count). The van der Waals surface area contributed by atoms with Gasteiger partial charge in [-0.1, -0.05) is 33.6 Å². The second kappa shape index (κ2) is 5.96. The zero-order valence-corrected chi connectivity index (χ0v) is 13.7. The smallest absolute Gasteiger partial charge is 0.123 e. The van der Waals surface area contributed by atoms with Crippen LogP contribution in [0.4, 0.5) is 4.39 Å². The molecule has 22 heavy (non-hydrogen) atoms. The van der Waals surface area contributed by atoms with Crippen molar-refractivity contribution in [2.45, 2.75) is 64.5 Å². The molecule has 2 aromatic rings. The molecule has 1 aromatic heterocycles. The van der Waals surface area contributed by atoms with Crippen molar-refractivity contribution in [1.29, 1.82) is 0 Å². The fraction of sp³-hybridized carbons (Fsp3) is 0.526. The molecule has 1 N–H and O–H groups in total. The molecule has 0 aliphatic heterocycles. The lowest BCUT2D eigenvalue weighted by Crippen LogP contribution is -2.26. The molecule has 3 heteroatoms. The van der Waals surface area contributed by atoms with Gasteiger partial charge in [-0.3, -0.25) is 4.98 Å². The molecule has 0 radical (unpaired) electrons. The maximum absolute atomic E-state index is 13.6. The van der Waals surface area contributed by atoms with E-state index >= 15 is 0 Å². The summed E-state index contributed by atoms with van der Waals surface area (Å²) in [6, 6.07) is 7.65. The average Bonchev–Trinajstić information content (AvgIpc) is 2.97. The summed E-state index contributed by atoms with van der Waals surface area (Å²) < 4.78 is 13.6. The molecular formula is C19H25FN2. The van der Waals surface area contributed by atoms with E-state index in [4.69, 9.17) is 4.98 Å². The SMILES string of the molecule is CC(C)(C)c1cc(CNC2CCCC2)c2cc(F)ccc2n1. The van der Waals surface area contributed by atoms with Crippen molar-refractivity contribution in [1.82, 2.24) is 10.3 Å². The summed E-state index contributed by atoms with van der Waals surface area (Å²) >= 11 is 0. The number of hydrogen-bond acceptors (Lipinski definition) is 2. The maximum atomic E-state index is 13.6. The number of benzene rings is 1. The van der Waals surface area contributed by atoms with E-state index in [1.165, 1.54) is 31.7 Å². The molecule has 0 saturated heterocycles. The quantitative estimate of drug-likeness (QED) is 0.888. The minimum Gasteiger partial charge on any atom is -0.310 e. The zero-order chi connectivity index (χ0) is 15.7. The van der Waals surface area contributed by atoms with Crippen molar-refractivity contribution in [2.24, 2.45) is 0 Å². The fourth-order valence-corrected chi connectivity index (χ4v) is 3.18. The third-order valence-corrected chi connectivity index (χ3v) is 4.56. The van der Waals surface area contributed by atoms with Gasteiger partial charge in [-0.2, -0.15) is 0 Å². The Morgan fingerprint density at radius 3 is 2.59 bits per heavy atom. The Balaban J connectivity index is 1.98. The summed E-state index contributed by atoms with van der Waals surface area (Å²) in [4.78, 5) is 4.73. The largest absolute Gasteiger partial charge is 0.310 e. The summed E-state index contributed by atoms with van der Waals surface area (Å²) in [6.07, 6.45) is 5.14. The number of aromatic nitrogens is 1. The van der Waals surface area contributed by atoms with Gasteiger partial charge >= 0.3 is 0 Å². The first-order chi connectivity index (χ1) is 10.4. The van der Waals surface area contributed by atoms with E-state index in [1.807, 2.05) is 0 Å². The standard InChI is InChI=1S/C19H25FN2/c1-19(2,3)18-10-13(12-21-15-6-4-5-7-15)16-11-14(20)8-9-17(16)22-18/h8-11,15,21H,4-7,12H2,1-3H3. The van der Waals surface area contributed by atoms with Gasteiger partial charge in [0.25, 0.3) is 0 Å². The Morgan fingerprint density at radius 2 is 1.91 bits per heavy atom. The average molecular weight is 300 g/mol. The lowest BCUT2D eigenvalue weighted by atomic mass is 9.89. The number of nitrogens with zero attached hydrogens (tertiary/aromatic N) is 1. The van der Waals surface area contributed by atoms with Crippen LogP contribution in [0.15, 0.2) is 24.3 Å². The molecule has 1 fully saturated rings. The molecule has 118 valence electrons. The Labute approximate surface area is 132 Å². The van der Waals surface area contributed by atoms with E-state index in [2.05, 4.69) is 32.2 Å². The highest BCUT2D eigenvalue weighted by atomic mass is 19.1. The van der Waals surface area contributed by atoms with E-state index < -0.39 is 0 Å². The molecule has 0 unspecified atom stereocenters. The summed E-state index contributed by atoms with van der Waals surface area (Å²) in [6.45, 7) is 7.28. The number of rotatable bonds is 3. The highest BCUT2D eigenvalue weighted by Gasteiger charge is 2.19. The van der Waals surface area contributed by atoms with Crippen LogP contribution >= 0.6 is 0 Å². The highest BCUT2D eigenvalue weighted by molar-refractivity contribution is 5.82. The van der Waals surface area contributed by atoms with Crippen molar-refractivity contribution in [3.05, 3.63) is 41.3 Å². The van der Waals surface area contributed by atoms with E-state index in [9.17, 15) is 4.39 Å². The Kier molecular flexibility index (Phi) is 4.18. The molecule has 1 aromatic carbocycles. The van der Waals surface area contributed by atoms with Crippen molar-refractivity contribution in [3.63, 3.8) is 0 Å². The summed E-state index contributed by atoms with van der Waals surface area (Å²) in [5.74, 6) is -0.195. The number of halogens is 1. The summed E-state index contributed by atoms with van der Waals surface area (Å²) in [5, 5.41) is 4.57. The van der Waals surface area contributed by atoms with E-state index in [0.717, 1.165) is 28.7 Å². The molecule has 1 aliphatic carbocycles. The molecule has 1 heterocycles. The van der Waals surface area contributed by atoms with Crippen LogP contribution in [-0.2, 0) is 12.0 Å². The van der Waals surface area contributed by atoms with Crippen LogP contribution in [0.3, 0.4) is 0 Å². The third kappa shape index (κ3) is 3.30. The van der Waals surface area contributed by atoms with Gasteiger partial charge in [-0.25, -0.2) is 4.39 Å². The number of hydrogen-bond donors (Lipinski definition) is 1. The first kappa shape index (κ1) is 15.4. The second-order valence-corrected chi connectivity index (χ2v) is 7.44. The maximum Gasteiger partial charge on any atom is 0.123 e. The second-order valence-electron chi connectivity index (χ2n) is 7.44. The van der Waals surface area contributed by atoms with Crippen LogP contribution in [0.2, 0.25) is 0 Å². The zero-order valence-electron chi connectivity index (χ0n) is 13.7. The van der Waals surface area contributed by atoms with Gasteiger partial charge in [0.05, 0.1) is 5.52 Å². The van der Waals surface area contributed by atoms with Gasteiger partial charge in [0.2, 0.25) is 0 Å². The van der Waals surface area contributed by atoms with Crippen LogP contribution in [-0.4, -0.2) is 11.0 Å². The third-order valence-electron chi connectivity index (χ3n) is 4.56. The van der Waals surface area contributed by atoms with Crippen molar-refractivity contribution < 1.29 is 4.39 Å². The van der Waals surface area contributed by atoms with Crippen LogP contribution in [0.5, 0.6) is 0 Å². The Bertz CT molecular complexity index is 667. The minimum absolute atomic E-state index is 0.00924. The van der Waals surface area contributed by atoms with Gasteiger partial charge in [-0.15, -0.1) is 0 Å². The molecule has 0 amide bonds. The lowest BCUT2D eigenvalue weighted by molar-refractivity contribution is 0.523. The topological polar surface area (TPSA) is 24.9 Å². The van der Waals surface area contributed by atoms with Gasteiger partial charge in [0, 0.05) is 29.1 Å². The normalized spacial score (nSPS) is 16.5. The molecule has 2 nitrogen and oxygen atoms in total. The summed E-state index contributed by atoms with van der Waals surface area (Å²) in [7, 11) is 0. The van der Waals surface area contributed by atoms with Gasteiger partial charge in [-0.05, 0) is 42.7 Å².